The summed E-state index contributed by atoms with van der Waals surface area (Å²) in [5.41, 5.74) is 0.867. The van der Waals surface area contributed by atoms with Crippen LogP contribution in [0.15, 0.2) is 24.3 Å². The average Bonchev–Trinajstić information content (AvgIpc) is 3.03. The summed E-state index contributed by atoms with van der Waals surface area (Å²) in [7, 11) is 0. The number of hydrogen-bond donors (Lipinski definition) is 3. The summed E-state index contributed by atoms with van der Waals surface area (Å²) in [5.74, 6) is 0.0468. The Balaban J connectivity index is 1.61. The maximum absolute atomic E-state index is 12.8. The van der Waals surface area contributed by atoms with Crippen molar-refractivity contribution in [1.29, 1.82) is 0 Å². The zero-order valence-electron chi connectivity index (χ0n) is 16.6. The van der Waals surface area contributed by atoms with Crippen molar-refractivity contribution in [3.63, 3.8) is 0 Å². The van der Waals surface area contributed by atoms with E-state index < -0.39 is 11.7 Å². The molecule has 0 radical (unpaired) electrons. The molecule has 1 fully saturated rings. The van der Waals surface area contributed by atoms with E-state index in [9.17, 15) is 9.59 Å². The van der Waals surface area contributed by atoms with Crippen molar-refractivity contribution in [2.24, 2.45) is 5.92 Å². The Morgan fingerprint density at radius 3 is 2.71 bits per heavy atom. The summed E-state index contributed by atoms with van der Waals surface area (Å²) in [5, 5.41) is 7.53. The van der Waals surface area contributed by atoms with Gasteiger partial charge in [-0.15, -0.1) is 0 Å². The lowest BCUT2D eigenvalue weighted by Gasteiger charge is -2.32. The Kier molecular flexibility index (Phi) is 6.18. The molecule has 28 heavy (non-hydrogen) atoms. The summed E-state index contributed by atoms with van der Waals surface area (Å²) in [6, 6.07) is 7.32. The number of aromatic nitrogens is 1. The number of nitrogens with one attached hydrogen (secondary N) is 3. The van der Waals surface area contributed by atoms with Crippen LogP contribution in [0.4, 0.5) is 4.79 Å². The number of ether oxygens (including phenoxy) is 1. The number of carbonyl (C=O) groups excluding carboxylic acids is 2. The monoisotopic (exact) mass is 405 g/mol. The fourth-order valence-electron chi connectivity index (χ4n) is 3.64. The first-order valence-electron chi connectivity index (χ1n) is 9.77. The molecule has 0 bridgehead atoms. The van der Waals surface area contributed by atoms with Gasteiger partial charge in [-0.25, -0.2) is 4.79 Å². The molecule has 0 unspecified atom stereocenters. The molecule has 0 spiro atoms. The molecule has 6 nitrogen and oxygen atoms in total. The minimum absolute atomic E-state index is 0.0196. The van der Waals surface area contributed by atoms with Crippen molar-refractivity contribution >= 4 is 34.5 Å². The molecule has 1 aliphatic carbocycles. The summed E-state index contributed by atoms with van der Waals surface area (Å²) >= 11 is 6.02. The molecule has 1 aromatic heterocycles. The highest BCUT2D eigenvalue weighted by atomic mass is 35.5. The van der Waals surface area contributed by atoms with Gasteiger partial charge in [-0.3, -0.25) is 4.79 Å². The first kappa shape index (κ1) is 20.5. The lowest BCUT2D eigenvalue weighted by molar-refractivity contribution is 0.0511. The van der Waals surface area contributed by atoms with Crippen LogP contribution in [0.5, 0.6) is 0 Å². The number of rotatable bonds is 4. The van der Waals surface area contributed by atoms with Crippen LogP contribution in [-0.2, 0) is 4.74 Å². The third-order valence-corrected chi connectivity index (χ3v) is 5.20. The van der Waals surface area contributed by atoms with E-state index in [1.807, 2.05) is 39.0 Å². The van der Waals surface area contributed by atoms with E-state index in [1.54, 1.807) is 6.07 Å². The van der Waals surface area contributed by atoms with Gasteiger partial charge in [0.2, 0.25) is 0 Å². The molecular weight excluding hydrogens is 378 g/mol. The summed E-state index contributed by atoms with van der Waals surface area (Å²) in [6.07, 6.45) is 3.60. The fourth-order valence-corrected chi connectivity index (χ4v) is 3.82. The second-order valence-corrected chi connectivity index (χ2v) is 8.86. The quantitative estimate of drug-likeness (QED) is 0.693. The molecule has 2 aromatic rings. The van der Waals surface area contributed by atoms with Crippen LogP contribution in [0.25, 0.3) is 10.9 Å². The number of fused-ring (bicyclic) bond motifs is 1. The SMILES string of the molecule is CC(C)(C)OC(=O)NC[C@H]1CCCC[C@@H]1NC(=O)c1cc2cc(Cl)ccc2[nH]1. The number of hydrogen-bond acceptors (Lipinski definition) is 3. The number of alkyl carbamates (subject to hydrolysis) is 1. The van der Waals surface area contributed by atoms with Gasteiger partial charge < -0.3 is 20.4 Å². The van der Waals surface area contributed by atoms with Crippen molar-refractivity contribution < 1.29 is 14.3 Å². The highest BCUT2D eigenvalue weighted by Gasteiger charge is 2.28. The Labute approximate surface area is 170 Å². The Morgan fingerprint density at radius 1 is 1.21 bits per heavy atom. The topological polar surface area (TPSA) is 83.2 Å². The maximum atomic E-state index is 12.8. The van der Waals surface area contributed by atoms with E-state index in [0.717, 1.165) is 36.6 Å². The molecule has 2 amide bonds. The standard InChI is InChI=1S/C21H28ClN3O3/c1-21(2,3)28-20(27)23-12-13-6-4-5-7-16(13)25-19(26)18-11-14-10-15(22)8-9-17(14)24-18/h8-11,13,16,24H,4-7,12H2,1-3H3,(H,23,27)(H,25,26)/t13-,16+/m1/s1. The van der Waals surface area contributed by atoms with E-state index >= 15 is 0 Å². The summed E-state index contributed by atoms with van der Waals surface area (Å²) in [4.78, 5) is 27.8. The molecule has 7 heteroatoms. The molecule has 1 aromatic carbocycles. The number of amides is 2. The first-order valence-corrected chi connectivity index (χ1v) is 10.1. The minimum Gasteiger partial charge on any atom is -0.444 e. The number of carbonyl (C=O) groups is 2. The molecule has 2 atom stereocenters. The highest BCUT2D eigenvalue weighted by molar-refractivity contribution is 6.31. The third kappa shape index (κ3) is 5.41. The fraction of sp³-hybridized carbons (Fsp3) is 0.524. The van der Waals surface area contributed by atoms with E-state index in [2.05, 4.69) is 15.6 Å². The molecular formula is C21H28ClN3O3. The molecule has 1 saturated carbocycles. The number of H-pyrrole nitrogens is 1. The van der Waals surface area contributed by atoms with Crippen LogP contribution in [0.1, 0.15) is 56.9 Å². The first-order chi connectivity index (χ1) is 13.2. The Morgan fingerprint density at radius 2 is 1.96 bits per heavy atom. The van der Waals surface area contributed by atoms with Gasteiger partial charge in [0, 0.05) is 28.5 Å². The van der Waals surface area contributed by atoms with Crippen LogP contribution < -0.4 is 10.6 Å². The average molecular weight is 406 g/mol. The van der Waals surface area contributed by atoms with Gasteiger partial charge in [-0.05, 0) is 63.8 Å². The highest BCUT2D eigenvalue weighted by Crippen LogP contribution is 2.25. The predicted octanol–water partition coefficient (Wildman–Crippen LogP) is 4.63. The number of benzene rings is 1. The van der Waals surface area contributed by atoms with Crippen molar-refractivity contribution in [3.05, 3.63) is 35.0 Å². The van der Waals surface area contributed by atoms with Gasteiger partial charge in [0.05, 0.1) is 0 Å². The lowest BCUT2D eigenvalue weighted by atomic mass is 9.84. The second kappa shape index (κ2) is 8.43. The van der Waals surface area contributed by atoms with Crippen LogP contribution in [0.2, 0.25) is 5.02 Å². The van der Waals surface area contributed by atoms with E-state index in [1.165, 1.54) is 0 Å². The maximum Gasteiger partial charge on any atom is 0.407 e. The van der Waals surface area contributed by atoms with Gasteiger partial charge in [0.25, 0.3) is 5.91 Å². The molecule has 3 N–H and O–H groups in total. The zero-order chi connectivity index (χ0) is 20.3. The molecule has 0 aliphatic heterocycles. The van der Waals surface area contributed by atoms with E-state index in [-0.39, 0.29) is 17.9 Å². The van der Waals surface area contributed by atoms with Crippen LogP contribution in [0.3, 0.4) is 0 Å². The number of aromatic amines is 1. The lowest BCUT2D eigenvalue weighted by Crippen LogP contribution is -2.47. The van der Waals surface area contributed by atoms with Crippen molar-refractivity contribution in [2.75, 3.05) is 6.54 Å². The second-order valence-electron chi connectivity index (χ2n) is 8.42. The zero-order valence-corrected chi connectivity index (χ0v) is 17.4. The molecule has 152 valence electrons. The van der Waals surface area contributed by atoms with Gasteiger partial charge in [0.1, 0.15) is 11.3 Å². The Hall–Kier alpha value is -2.21. The Bertz CT molecular complexity index is 856. The number of halogens is 1. The third-order valence-electron chi connectivity index (χ3n) is 4.96. The summed E-state index contributed by atoms with van der Waals surface area (Å²) < 4.78 is 5.30. The van der Waals surface area contributed by atoms with E-state index in [0.29, 0.717) is 17.3 Å². The molecule has 1 aliphatic rings. The predicted molar refractivity (Wildman–Crippen MR) is 111 cm³/mol. The molecule has 0 saturated heterocycles. The largest absolute Gasteiger partial charge is 0.444 e. The van der Waals surface area contributed by atoms with Crippen LogP contribution >= 0.6 is 11.6 Å². The smallest absolute Gasteiger partial charge is 0.407 e. The van der Waals surface area contributed by atoms with Crippen LogP contribution in [0, 0.1) is 5.92 Å². The van der Waals surface area contributed by atoms with E-state index in [4.69, 9.17) is 16.3 Å². The van der Waals surface area contributed by atoms with Crippen LogP contribution in [-0.4, -0.2) is 35.2 Å². The minimum atomic E-state index is -0.525. The van der Waals surface area contributed by atoms with Crippen molar-refractivity contribution in [1.82, 2.24) is 15.6 Å². The molecule has 3 rings (SSSR count). The summed E-state index contributed by atoms with van der Waals surface area (Å²) in [6.45, 7) is 6.00. The normalized spacial score (nSPS) is 20.0. The van der Waals surface area contributed by atoms with Crippen molar-refractivity contribution in [2.45, 2.75) is 58.1 Å². The van der Waals surface area contributed by atoms with Crippen molar-refractivity contribution in [3.8, 4) is 0 Å². The van der Waals surface area contributed by atoms with Gasteiger partial charge in [-0.2, -0.15) is 0 Å². The van der Waals surface area contributed by atoms with Gasteiger partial charge >= 0.3 is 6.09 Å². The molecule has 1 heterocycles. The van der Waals surface area contributed by atoms with Gasteiger partial charge in [0.15, 0.2) is 0 Å². The van der Waals surface area contributed by atoms with Gasteiger partial charge in [-0.1, -0.05) is 24.4 Å².